The molecule has 2 aliphatic heterocycles. The zero-order valence-electron chi connectivity index (χ0n) is 16.4. The first-order valence-electron chi connectivity index (χ1n) is 9.91. The summed E-state index contributed by atoms with van der Waals surface area (Å²) in [4.78, 5) is 0. The number of aryl methyl sites for hydroxylation is 1. The van der Waals surface area contributed by atoms with Gasteiger partial charge in [-0.2, -0.15) is 5.10 Å². The van der Waals surface area contributed by atoms with Crippen molar-refractivity contribution in [3.8, 4) is 11.5 Å². The minimum atomic E-state index is 0.0394. The third-order valence-corrected chi connectivity index (χ3v) is 5.46. The first-order chi connectivity index (χ1) is 13.2. The predicted octanol–water partition coefficient (Wildman–Crippen LogP) is 3.24. The van der Waals surface area contributed by atoms with Gasteiger partial charge in [0, 0.05) is 55.0 Å². The van der Waals surface area contributed by atoms with Gasteiger partial charge in [-0.1, -0.05) is 0 Å². The van der Waals surface area contributed by atoms with Crippen molar-refractivity contribution in [3.05, 3.63) is 41.2 Å². The fourth-order valence-corrected chi connectivity index (χ4v) is 4.09. The number of rotatable bonds is 6. The molecule has 1 aromatic carbocycles. The molecule has 6 heteroatoms. The Bertz CT molecular complexity index is 789. The quantitative estimate of drug-likeness (QED) is 0.845. The number of aromatic nitrogens is 2. The number of nitrogens with one attached hydrogen (secondary N) is 1. The summed E-state index contributed by atoms with van der Waals surface area (Å²) in [6.45, 7) is 6.61. The number of benzene rings is 1. The fourth-order valence-electron chi connectivity index (χ4n) is 4.09. The van der Waals surface area contributed by atoms with Gasteiger partial charge in [0.1, 0.15) is 23.7 Å². The minimum absolute atomic E-state index is 0.0394. The van der Waals surface area contributed by atoms with Crippen LogP contribution in [0.3, 0.4) is 0 Å². The van der Waals surface area contributed by atoms with Crippen LogP contribution < -0.4 is 14.8 Å². The molecule has 0 aliphatic carbocycles. The highest BCUT2D eigenvalue weighted by Gasteiger charge is 2.29. The van der Waals surface area contributed by atoms with Gasteiger partial charge in [-0.25, -0.2) is 0 Å². The molecule has 146 valence electrons. The van der Waals surface area contributed by atoms with E-state index in [1.165, 1.54) is 5.56 Å². The highest BCUT2D eigenvalue weighted by Crippen LogP contribution is 2.37. The smallest absolute Gasteiger partial charge is 0.127 e. The second-order valence-corrected chi connectivity index (χ2v) is 7.46. The van der Waals surface area contributed by atoms with Crippen LogP contribution in [0.1, 0.15) is 49.5 Å². The molecule has 1 fully saturated rings. The first kappa shape index (κ1) is 18.3. The van der Waals surface area contributed by atoms with Crippen molar-refractivity contribution in [2.75, 3.05) is 13.7 Å². The van der Waals surface area contributed by atoms with Crippen LogP contribution in [0.2, 0.25) is 0 Å². The topological polar surface area (TPSA) is 57.5 Å². The lowest BCUT2D eigenvalue weighted by atomic mass is 9.97. The molecule has 0 bridgehead atoms. The van der Waals surface area contributed by atoms with Crippen molar-refractivity contribution >= 4 is 0 Å². The van der Waals surface area contributed by atoms with Crippen LogP contribution in [0.25, 0.3) is 0 Å². The van der Waals surface area contributed by atoms with E-state index in [-0.39, 0.29) is 18.2 Å². The van der Waals surface area contributed by atoms with Crippen LogP contribution in [-0.4, -0.2) is 35.6 Å². The SMILES string of the molecule is CCn1cc([C@H]2OCCC[C@@H]2NCc2cc(OC)cc3c2O[C@@H](C)C3)cn1. The van der Waals surface area contributed by atoms with Crippen molar-refractivity contribution in [1.29, 1.82) is 0 Å². The third kappa shape index (κ3) is 3.82. The zero-order chi connectivity index (χ0) is 18.8. The summed E-state index contributed by atoms with van der Waals surface area (Å²) in [5.41, 5.74) is 3.54. The molecule has 4 rings (SSSR count). The van der Waals surface area contributed by atoms with E-state index in [2.05, 4.69) is 42.6 Å². The zero-order valence-corrected chi connectivity index (χ0v) is 16.4. The highest BCUT2D eigenvalue weighted by atomic mass is 16.5. The minimum Gasteiger partial charge on any atom is -0.497 e. The second kappa shape index (κ2) is 7.90. The van der Waals surface area contributed by atoms with Crippen LogP contribution in [0.5, 0.6) is 11.5 Å². The maximum Gasteiger partial charge on any atom is 0.127 e. The summed E-state index contributed by atoms with van der Waals surface area (Å²) in [6, 6.07) is 4.43. The van der Waals surface area contributed by atoms with Gasteiger partial charge in [0.2, 0.25) is 0 Å². The van der Waals surface area contributed by atoms with E-state index in [9.17, 15) is 0 Å². The molecular weight excluding hydrogens is 342 g/mol. The van der Waals surface area contributed by atoms with Gasteiger partial charge in [0.05, 0.1) is 13.3 Å². The van der Waals surface area contributed by atoms with Crippen LogP contribution >= 0.6 is 0 Å². The summed E-state index contributed by atoms with van der Waals surface area (Å²) in [7, 11) is 1.72. The second-order valence-electron chi connectivity index (χ2n) is 7.46. The van der Waals surface area contributed by atoms with Crippen LogP contribution in [-0.2, 0) is 24.2 Å². The van der Waals surface area contributed by atoms with Crippen LogP contribution in [0, 0.1) is 0 Å². The molecule has 0 amide bonds. The average molecular weight is 371 g/mol. The lowest BCUT2D eigenvalue weighted by molar-refractivity contribution is -0.0113. The van der Waals surface area contributed by atoms with Gasteiger partial charge in [-0.3, -0.25) is 4.68 Å². The van der Waals surface area contributed by atoms with Crippen molar-refractivity contribution in [1.82, 2.24) is 15.1 Å². The van der Waals surface area contributed by atoms with Gasteiger partial charge in [0.15, 0.2) is 0 Å². The molecule has 27 heavy (non-hydrogen) atoms. The van der Waals surface area contributed by atoms with Crippen molar-refractivity contribution in [3.63, 3.8) is 0 Å². The standard InChI is InChI=1S/C21H29N3O3/c1-4-24-13-17(12-23-24)21-19(6-5-7-26-21)22-11-16-10-18(25-3)9-15-8-14(2)27-20(15)16/h9-10,12-14,19,21-22H,4-8,11H2,1-3H3/t14-,19-,21+/m0/s1. The van der Waals surface area contributed by atoms with Gasteiger partial charge >= 0.3 is 0 Å². The molecule has 1 aromatic heterocycles. The largest absolute Gasteiger partial charge is 0.497 e. The molecule has 6 nitrogen and oxygen atoms in total. The number of methoxy groups -OCH3 is 1. The van der Waals surface area contributed by atoms with E-state index < -0.39 is 0 Å². The van der Waals surface area contributed by atoms with Gasteiger partial charge in [-0.05, 0) is 38.8 Å². The van der Waals surface area contributed by atoms with Gasteiger partial charge < -0.3 is 19.5 Å². The molecule has 0 spiro atoms. The number of hydrogen-bond acceptors (Lipinski definition) is 5. The molecular formula is C21H29N3O3. The summed E-state index contributed by atoms with van der Waals surface area (Å²) in [5.74, 6) is 1.91. The number of nitrogens with zero attached hydrogens (tertiary/aromatic N) is 2. The number of fused-ring (bicyclic) bond motifs is 1. The molecule has 2 aliphatic rings. The predicted molar refractivity (Wildman–Crippen MR) is 103 cm³/mol. The van der Waals surface area contributed by atoms with E-state index in [0.717, 1.165) is 61.6 Å². The van der Waals surface area contributed by atoms with Crippen molar-refractivity contribution in [2.24, 2.45) is 0 Å². The molecule has 0 unspecified atom stereocenters. The number of ether oxygens (including phenoxy) is 3. The molecule has 3 atom stereocenters. The third-order valence-electron chi connectivity index (χ3n) is 5.46. The Hall–Kier alpha value is -2.05. The molecule has 2 aromatic rings. The summed E-state index contributed by atoms with van der Waals surface area (Å²) in [6.07, 6.45) is 7.38. The van der Waals surface area contributed by atoms with Crippen LogP contribution in [0.15, 0.2) is 24.5 Å². The fraction of sp³-hybridized carbons (Fsp3) is 0.571. The van der Waals surface area contributed by atoms with Gasteiger partial charge in [-0.15, -0.1) is 0 Å². The Morgan fingerprint density at radius 2 is 2.26 bits per heavy atom. The molecule has 0 saturated carbocycles. The van der Waals surface area contributed by atoms with Gasteiger partial charge in [0.25, 0.3) is 0 Å². The highest BCUT2D eigenvalue weighted by molar-refractivity contribution is 5.49. The van der Waals surface area contributed by atoms with Crippen molar-refractivity contribution < 1.29 is 14.2 Å². The Morgan fingerprint density at radius 3 is 3.04 bits per heavy atom. The molecule has 0 radical (unpaired) electrons. The lowest BCUT2D eigenvalue weighted by Crippen LogP contribution is -2.39. The Balaban J connectivity index is 1.51. The van der Waals surface area contributed by atoms with Crippen molar-refractivity contribution in [2.45, 2.75) is 64.4 Å². The normalized spacial score (nSPS) is 24.5. The lowest BCUT2D eigenvalue weighted by Gasteiger charge is -2.32. The Labute approximate surface area is 160 Å². The Kier molecular flexibility index (Phi) is 5.36. The van der Waals surface area contributed by atoms with E-state index >= 15 is 0 Å². The number of hydrogen-bond donors (Lipinski definition) is 1. The maximum atomic E-state index is 6.11. The Morgan fingerprint density at radius 1 is 1.37 bits per heavy atom. The maximum absolute atomic E-state index is 6.11. The average Bonchev–Trinajstić information content (AvgIpc) is 3.31. The molecule has 1 saturated heterocycles. The van der Waals surface area contributed by atoms with E-state index in [1.807, 2.05) is 10.9 Å². The first-order valence-corrected chi connectivity index (χ1v) is 9.91. The van der Waals surface area contributed by atoms with E-state index in [0.29, 0.717) is 0 Å². The molecule has 1 N–H and O–H groups in total. The summed E-state index contributed by atoms with van der Waals surface area (Å²) >= 11 is 0. The summed E-state index contributed by atoms with van der Waals surface area (Å²) in [5, 5.41) is 8.13. The monoisotopic (exact) mass is 371 g/mol. The van der Waals surface area contributed by atoms with Crippen LogP contribution in [0.4, 0.5) is 0 Å². The summed E-state index contributed by atoms with van der Waals surface area (Å²) < 4.78 is 19.6. The van der Waals surface area contributed by atoms with E-state index in [4.69, 9.17) is 14.2 Å². The van der Waals surface area contributed by atoms with E-state index in [1.54, 1.807) is 7.11 Å². The molecule has 3 heterocycles.